The van der Waals surface area contributed by atoms with E-state index in [2.05, 4.69) is 34.0 Å². The van der Waals surface area contributed by atoms with Crippen LogP contribution in [0.2, 0.25) is 0 Å². The third-order valence-corrected chi connectivity index (χ3v) is 4.84. The van der Waals surface area contributed by atoms with E-state index in [1.54, 1.807) is 0 Å². The number of rotatable bonds is 4. The van der Waals surface area contributed by atoms with Gasteiger partial charge in [0.15, 0.2) is 0 Å². The molecule has 0 aliphatic carbocycles. The molecule has 1 aliphatic heterocycles. The Hall–Kier alpha value is -3.25. The fourth-order valence-electron chi connectivity index (χ4n) is 3.36. The molecule has 3 aromatic rings. The molecule has 1 amide bonds. The molecule has 1 aliphatic rings. The summed E-state index contributed by atoms with van der Waals surface area (Å²) in [7, 11) is 2.08. The fourth-order valence-corrected chi connectivity index (χ4v) is 3.36. The van der Waals surface area contributed by atoms with Crippen LogP contribution in [-0.2, 0) is 0 Å². The van der Waals surface area contributed by atoms with Crippen LogP contribution in [0.15, 0.2) is 73.1 Å². The van der Waals surface area contributed by atoms with Crippen molar-refractivity contribution in [3.05, 3.63) is 84.3 Å². The van der Waals surface area contributed by atoms with Gasteiger partial charge in [-0.05, 0) is 24.7 Å². The topological polar surface area (TPSA) is 58.6 Å². The first-order valence-electron chi connectivity index (χ1n) is 9.30. The molecule has 0 N–H and O–H groups in total. The molecule has 1 atom stereocenters. The normalized spacial score (nSPS) is 17.3. The van der Waals surface area contributed by atoms with Crippen molar-refractivity contribution in [2.24, 2.45) is 0 Å². The molecule has 2 heterocycles. The summed E-state index contributed by atoms with van der Waals surface area (Å²) in [6.07, 6.45) is 2.98. The molecular formula is C22H22N4O2. The van der Waals surface area contributed by atoms with E-state index in [4.69, 9.17) is 4.74 Å². The summed E-state index contributed by atoms with van der Waals surface area (Å²) in [5.41, 5.74) is 1.45. The number of nitrogens with zero attached hydrogens (tertiary/aromatic N) is 4. The highest BCUT2D eigenvalue weighted by Crippen LogP contribution is 2.26. The van der Waals surface area contributed by atoms with E-state index in [0.717, 1.165) is 18.7 Å². The molecule has 1 saturated heterocycles. The summed E-state index contributed by atoms with van der Waals surface area (Å²) in [6, 6.07) is 19.5. The van der Waals surface area contributed by atoms with Gasteiger partial charge in [0.05, 0.1) is 18.4 Å². The van der Waals surface area contributed by atoms with Crippen LogP contribution in [0, 0.1) is 0 Å². The molecule has 28 heavy (non-hydrogen) atoms. The molecule has 0 spiro atoms. The van der Waals surface area contributed by atoms with E-state index in [0.29, 0.717) is 23.9 Å². The van der Waals surface area contributed by atoms with Gasteiger partial charge >= 0.3 is 0 Å². The van der Waals surface area contributed by atoms with E-state index in [-0.39, 0.29) is 11.9 Å². The van der Waals surface area contributed by atoms with Crippen molar-refractivity contribution < 1.29 is 9.53 Å². The molecule has 0 saturated carbocycles. The molecule has 6 nitrogen and oxygen atoms in total. The average Bonchev–Trinajstić information content (AvgIpc) is 2.75. The summed E-state index contributed by atoms with van der Waals surface area (Å²) in [5, 5.41) is 0. The Balaban J connectivity index is 1.52. The van der Waals surface area contributed by atoms with Crippen molar-refractivity contribution in [2.75, 3.05) is 26.7 Å². The van der Waals surface area contributed by atoms with Gasteiger partial charge in [-0.15, -0.1) is 0 Å². The minimum absolute atomic E-state index is 0.00510. The van der Waals surface area contributed by atoms with Crippen LogP contribution in [0.3, 0.4) is 0 Å². The zero-order chi connectivity index (χ0) is 19.3. The number of likely N-dealkylation sites (N-methyl/N-ethyl adjacent to an activating group) is 1. The van der Waals surface area contributed by atoms with Gasteiger partial charge in [-0.1, -0.05) is 48.5 Å². The van der Waals surface area contributed by atoms with E-state index in [9.17, 15) is 4.79 Å². The maximum Gasteiger partial charge on any atom is 0.274 e. The Bertz CT molecular complexity index is 916. The first-order chi connectivity index (χ1) is 13.7. The SMILES string of the molecule is CN1CCN(C(=O)c2cnc(Oc3ccccc3)cn2)C(c2ccccc2)C1. The van der Waals surface area contributed by atoms with Gasteiger partial charge < -0.3 is 14.5 Å². The van der Waals surface area contributed by atoms with Crippen molar-refractivity contribution in [1.82, 2.24) is 19.8 Å². The number of carbonyl (C=O) groups excluding carboxylic acids is 1. The van der Waals surface area contributed by atoms with E-state index >= 15 is 0 Å². The maximum absolute atomic E-state index is 13.1. The molecule has 1 unspecified atom stereocenters. The van der Waals surface area contributed by atoms with Gasteiger partial charge in [-0.2, -0.15) is 0 Å². The summed E-state index contributed by atoms with van der Waals surface area (Å²) in [6.45, 7) is 2.27. The number of ether oxygens (including phenoxy) is 1. The Labute approximate surface area is 164 Å². The van der Waals surface area contributed by atoms with Crippen molar-refractivity contribution in [3.63, 3.8) is 0 Å². The lowest BCUT2D eigenvalue weighted by Crippen LogP contribution is -2.49. The van der Waals surface area contributed by atoms with Crippen molar-refractivity contribution in [3.8, 4) is 11.6 Å². The number of hydrogen-bond acceptors (Lipinski definition) is 5. The second-order valence-corrected chi connectivity index (χ2v) is 6.84. The minimum Gasteiger partial charge on any atom is -0.438 e. The molecule has 6 heteroatoms. The second-order valence-electron chi connectivity index (χ2n) is 6.84. The first kappa shape index (κ1) is 18.1. The zero-order valence-electron chi connectivity index (χ0n) is 15.7. The van der Waals surface area contributed by atoms with Crippen LogP contribution < -0.4 is 4.74 Å². The first-order valence-corrected chi connectivity index (χ1v) is 9.30. The third kappa shape index (κ3) is 4.02. The molecule has 0 radical (unpaired) electrons. The fraction of sp³-hybridized carbons (Fsp3) is 0.227. The minimum atomic E-state index is -0.110. The summed E-state index contributed by atoms with van der Waals surface area (Å²) in [4.78, 5) is 25.8. The highest BCUT2D eigenvalue weighted by molar-refractivity contribution is 5.92. The number of para-hydroxylation sites is 1. The van der Waals surface area contributed by atoms with Crippen LogP contribution in [0.25, 0.3) is 0 Å². The lowest BCUT2D eigenvalue weighted by molar-refractivity contribution is 0.0491. The van der Waals surface area contributed by atoms with E-state index in [1.807, 2.05) is 53.4 Å². The zero-order valence-corrected chi connectivity index (χ0v) is 15.7. The molecular weight excluding hydrogens is 352 g/mol. The highest BCUT2D eigenvalue weighted by Gasteiger charge is 2.31. The Morgan fingerprint density at radius 3 is 2.36 bits per heavy atom. The molecule has 0 bridgehead atoms. The number of hydrogen-bond donors (Lipinski definition) is 0. The lowest BCUT2D eigenvalue weighted by Gasteiger charge is -2.40. The van der Waals surface area contributed by atoms with Gasteiger partial charge in [-0.3, -0.25) is 4.79 Å². The number of piperazine rings is 1. The van der Waals surface area contributed by atoms with E-state index < -0.39 is 0 Å². The monoisotopic (exact) mass is 374 g/mol. The Kier molecular flexibility index (Phi) is 5.30. The van der Waals surface area contributed by atoms with E-state index in [1.165, 1.54) is 12.4 Å². The van der Waals surface area contributed by atoms with Crippen LogP contribution in [0.5, 0.6) is 11.6 Å². The number of carbonyl (C=O) groups is 1. The Morgan fingerprint density at radius 2 is 1.68 bits per heavy atom. The average molecular weight is 374 g/mol. The van der Waals surface area contributed by atoms with Gasteiger partial charge in [0.1, 0.15) is 11.4 Å². The predicted octanol–water partition coefficient (Wildman–Crippen LogP) is 3.40. The standard InChI is InChI=1S/C22H22N4O2/c1-25-12-13-26(20(16-25)17-8-4-2-5-9-17)22(27)19-14-24-21(15-23-19)28-18-10-6-3-7-11-18/h2-11,14-15,20H,12-13,16H2,1H3. The van der Waals surface area contributed by atoms with Gasteiger partial charge in [0, 0.05) is 19.6 Å². The number of benzene rings is 2. The van der Waals surface area contributed by atoms with Crippen molar-refractivity contribution >= 4 is 5.91 Å². The van der Waals surface area contributed by atoms with Crippen LogP contribution in [0.1, 0.15) is 22.1 Å². The molecule has 142 valence electrons. The van der Waals surface area contributed by atoms with Crippen molar-refractivity contribution in [1.29, 1.82) is 0 Å². The smallest absolute Gasteiger partial charge is 0.274 e. The van der Waals surface area contributed by atoms with Gasteiger partial charge in [-0.25, -0.2) is 9.97 Å². The second kappa shape index (κ2) is 8.19. The molecule has 4 rings (SSSR count). The molecule has 1 aromatic heterocycles. The van der Waals surface area contributed by atoms with Crippen LogP contribution in [-0.4, -0.2) is 52.4 Å². The Morgan fingerprint density at radius 1 is 0.964 bits per heavy atom. The number of aromatic nitrogens is 2. The van der Waals surface area contributed by atoms with Gasteiger partial charge in [0.2, 0.25) is 5.88 Å². The van der Waals surface area contributed by atoms with Crippen molar-refractivity contribution in [2.45, 2.75) is 6.04 Å². The van der Waals surface area contributed by atoms with Gasteiger partial charge in [0.25, 0.3) is 5.91 Å². The quantitative estimate of drug-likeness (QED) is 0.701. The molecule has 2 aromatic carbocycles. The summed E-state index contributed by atoms with van der Waals surface area (Å²) in [5.74, 6) is 0.931. The summed E-state index contributed by atoms with van der Waals surface area (Å²) >= 11 is 0. The molecule has 1 fully saturated rings. The highest BCUT2D eigenvalue weighted by atomic mass is 16.5. The van der Waals surface area contributed by atoms with Crippen LogP contribution >= 0.6 is 0 Å². The maximum atomic E-state index is 13.1. The largest absolute Gasteiger partial charge is 0.438 e. The van der Waals surface area contributed by atoms with Crippen LogP contribution in [0.4, 0.5) is 0 Å². The predicted molar refractivity (Wildman–Crippen MR) is 106 cm³/mol. The third-order valence-electron chi connectivity index (χ3n) is 4.84. The summed E-state index contributed by atoms with van der Waals surface area (Å²) < 4.78 is 5.66. The number of amides is 1. The lowest BCUT2D eigenvalue weighted by atomic mass is 10.0.